The van der Waals surface area contributed by atoms with E-state index in [0.717, 1.165) is 33.1 Å². The highest BCUT2D eigenvalue weighted by atomic mass is 35.5. The van der Waals surface area contributed by atoms with E-state index in [1.807, 2.05) is 48.0 Å². The molecular formula is C23H21ClN4O2S. The van der Waals surface area contributed by atoms with E-state index in [2.05, 4.69) is 15.3 Å². The van der Waals surface area contributed by atoms with Gasteiger partial charge < -0.3 is 15.2 Å². The van der Waals surface area contributed by atoms with Crippen molar-refractivity contribution in [2.24, 2.45) is 0 Å². The van der Waals surface area contributed by atoms with Crippen molar-refractivity contribution >= 4 is 22.9 Å². The molecule has 0 radical (unpaired) electrons. The highest BCUT2D eigenvalue weighted by molar-refractivity contribution is 7.13. The summed E-state index contributed by atoms with van der Waals surface area (Å²) in [5.74, 6) is 0.788. The van der Waals surface area contributed by atoms with E-state index in [4.69, 9.17) is 21.3 Å². The Morgan fingerprint density at radius 3 is 2.68 bits per heavy atom. The monoisotopic (exact) mass is 452 g/mol. The van der Waals surface area contributed by atoms with Gasteiger partial charge in [0.2, 0.25) is 0 Å². The first-order chi connectivity index (χ1) is 15.2. The lowest BCUT2D eigenvalue weighted by Gasteiger charge is -2.12. The smallest absolute Gasteiger partial charge is 0.129 e. The Bertz CT molecular complexity index is 1090. The number of rotatable bonds is 9. The van der Waals surface area contributed by atoms with Crippen LogP contribution in [0.3, 0.4) is 0 Å². The lowest BCUT2D eigenvalue weighted by atomic mass is 10.1. The van der Waals surface area contributed by atoms with Crippen LogP contribution >= 0.6 is 22.9 Å². The van der Waals surface area contributed by atoms with Crippen LogP contribution in [0.15, 0.2) is 72.5 Å². The van der Waals surface area contributed by atoms with Gasteiger partial charge in [-0.3, -0.25) is 4.98 Å². The van der Waals surface area contributed by atoms with Gasteiger partial charge in [-0.25, -0.2) is 9.97 Å². The molecule has 158 valence electrons. The van der Waals surface area contributed by atoms with E-state index in [0.29, 0.717) is 24.8 Å². The largest absolute Gasteiger partial charge is 0.492 e. The fourth-order valence-electron chi connectivity index (χ4n) is 2.93. The number of hydrogen-bond donors (Lipinski definition) is 2. The summed E-state index contributed by atoms with van der Waals surface area (Å²) < 4.78 is 5.77. The van der Waals surface area contributed by atoms with Crippen molar-refractivity contribution < 1.29 is 9.84 Å². The Morgan fingerprint density at radius 2 is 1.94 bits per heavy atom. The van der Waals surface area contributed by atoms with Crippen LogP contribution in [-0.4, -0.2) is 39.8 Å². The quantitative estimate of drug-likeness (QED) is 0.285. The Hall–Kier alpha value is -2.84. The third-order valence-corrected chi connectivity index (χ3v) is 5.70. The fraction of sp³-hybridized carbons (Fsp3) is 0.174. The standard InChI is InChI=1S/C23H21ClN4O2S/c24-22-8-5-17(13-27-22)21(29)14-26-10-11-30-19-6-3-16(4-7-19)20-15-31-23(28-20)18-2-1-9-25-12-18/h1-9,12-13,15,21,26,29H,10-11,14H2/t21-/m0/s1. The van der Waals surface area contributed by atoms with Gasteiger partial charge in [-0.1, -0.05) is 17.7 Å². The molecular weight excluding hydrogens is 432 g/mol. The average molecular weight is 453 g/mol. The van der Waals surface area contributed by atoms with Crippen molar-refractivity contribution in [2.75, 3.05) is 19.7 Å². The first kappa shape index (κ1) is 21.4. The molecule has 0 saturated carbocycles. The summed E-state index contributed by atoms with van der Waals surface area (Å²) in [6, 6.07) is 15.2. The molecule has 1 aromatic carbocycles. The van der Waals surface area contributed by atoms with Gasteiger partial charge in [-0.15, -0.1) is 11.3 Å². The zero-order valence-corrected chi connectivity index (χ0v) is 18.2. The van der Waals surface area contributed by atoms with E-state index < -0.39 is 6.10 Å². The molecule has 8 heteroatoms. The van der Waals surface area contributed by atoms with Crippen LogP contribution in [0.4, 0.5) is 0 Å². The summed E-state index contributed by atoms with van der Waals surface area (Å²) in [5.41, 5.74) is 3.71. The highest BCUT2D eigenvalue weighted by Gasteiger charge is 2.08. The van der Waals surface area contributed by atoms with Crippen molar-refractivity contribution in [1.29, 1.82) is 0 Å². The van der Waals surface area contributed by atoms with Crippen LogP contribution in [-0.2, 0) is 0 Å². The number of halogens is 1. The fourth-order valence-corrected chi connectivity index (χ4v) is 3.86. The second kappa shape index (κ2) is 10.5. The third-order valence-electron chi connectivity index (χ3n) is 4.58. The van der Waals surface area contributed by atoms with Gasteiger partial charge in [0.05, 0.1) is 11.8 Å². The zero-order chi connectivity index (χ0) is 21.5. The maximum absolute atomic E-state index is 10.1. The molecule has 1 atom stereocenters. The molecule has 3 aromatic heterocycles. The molecule has 2 N–H and O–H groups in total. The van der Waals surface area contributed by atoms with Gasteiger partial charge in [0.25, 0.3) is 0 Å². The maximum Gasteiger partial charge on any atom is 0.129 e. The number of aliphatic hydroxyl groups excluding tert-OH is 1. The van der Waals surface area contributed by atoms with Gasteiger partial charge in [0.1, 0.15) is 22.5 Å². The summed E-state index contributed by atoms with van der Waals surface area (Å²) >= 11 is 7.36. The summed E-state index contributed by atoms with van der Waals surface area (Å²) in [6.45, 7) is 1.52. The average Bonchev–Trinajstić information content (AvgIpc) is 3.30. The van der Waals surface area contributed by atoms with Crippen molar-refractivity contribution in [3.05, 3.63) is 83.2 Å². The minimum Gasteiger partial charge on any atom is -0.492 e. The number of thiazole rings is 1. The van der Waals surface area contributed by atoms with Crippen molar-refractivity contribution in [1.82, 2.24) is 20.3 Å². The van der Waals surface area contributed by atoms with Crippen LogP contribution in [0, 0.1) is 0 Å². The van der Waals surface area contributed by atoms with Gasteiger partial charge in [0.15, 0.2) is 0 Å². The zero-order valence-electron chi connectivity index (χ0n) is 16.6. The second-order valence-corrected chi connectivity index (χ2v) is 8.03. The molecule has 0 fully saturated rings. The van der Waals surface area contributed by atoms with E-state index in [-0.39, 0.29) is 0 Å². The molecule has 6 nitrogen and oxygen atoms in total. The Kier molecular flexibility index (Phi) is 7.22. The van der Waals surface area contributed by atoms with E-state index in [1.54, 1.807) is 35.9 Å². The molecule has 31 heavy (non-hydrogen) atoms. The van der Waals surface area contributed by atoms with Gasteiger partial charge in [-0.05, 0) is 42.5 Å². The Labute approximate surface area is 189 Å². The maximum atomic E-state index is 10.1. The molecule has 3 heterocycles. The normalized spacial score (nSPS) is 11.9. The molecule has 4 rings (SSSR count). The van der Waals surface area contributed by atoms with Crippen molar-refractivity contribution in [2.45, 2.75) is 6.10 Å². The second-order valence-electron chi connectivity index (χ2n) is 6.79. The predicted molar refractivity (Wildman–Crippen MR) is 123 cm³/mol. The van der Waals surface area contributed by atoms with Crippen LogP contribution in [0.1, 0.15) is 11.7 Å². The van der Waals surface area contributed by atoms with E-state index >= 15 is 0 Å². The van der Waals surface area contributed by atoms with Crippen LogP contribution in [0.2, 0.25) is 5.15 Å². The minimum atomic E-state index is -0.640. The Morgan fingerprint density at radius 1 is 1.06 bits per heavy atom. The number of ether oxygens (including phenoxy) is 1. The summed E-state index contributed by atoms with van der Waals surface area (Å²) in [6.07, 6.45) is 4.51. The molecule has 0 bridgehead atoms. The van der Waals surface area contributed by atoms with Crippen LogP contribution in [0.25, 0.3) is 21.8 Å². The number of aliphatic hydroxyl groups is 1. The lowest BCUT2D eigenvalue weighted by Crippen LogP contribution is -2.26. The number of benzene rings is 1. The molecule has 0 unspecified atom stereocenters. The first-order valence-corrected chi connectivity index (χ1v) is 11.0. The molecule has 0 saturated heterocycles. The van der Waals surface area contributed by atoms with Crippen molar-refractivity contribution in [3.63, 3.8) is 0 Å². The molecule has 0 spiro atoms. The minimum absolute atomic E-state index is 0.409. The topological polar surface area (TPSA) is 80.2 Å². The van der Waals surface area contributed by atoms with Crippen molar-refractivity contribution in [3.8, 4) is 27.6 Å². The molecule has 0 amide bonds. The summed E-state index contributed by atoms with van der Waals surface area (Å²) in [7, 11) is 0. The van der Waals surface area contributed by atoms with Gasteiger partial charge in [-0.2, -0.15) is 0 Å². The van der Waals surface area contributed by atoms with E-state index in [1.165, 1.54) is 0 Å². The molecule has 0 aliphatic heterocycles. The van der Waals surface area contributed by atoms with Crippen LogP contribution < -0.4 is 10.1 Å². The summed E-state index contributed by atoms with van der Waals surface area (Å²) in [4.78, 5) is 12.8. The summed E-state index contributed by atoms with van der Waals surface area (Å²) in [5, 5.41) is 16.7. The third kappa shape index (κ3) is 5.86. The molecule has 4 aromatic rings. The lowest BCUT2D eigenvalue weighted by molar-refractivity contribution is 0.171. The number of nitrogens with one attached hydrogen (secondary N) is 1. The highest BCUT2D eigenvalue weighted by Crippen LogP contribution is 2.29. The predicted octanol–water partition coefficient (Wildman–Crippen LogP) is 4.62. The number of pyridine rings is 2. The first-order valence-electron chi connectivity index (χ1n) is 9.78. The van der Waals surface area contributed by atoms with Crippen LogP contribution in [0.5, 0.6) is 5.75 Å². The number of nitrogens with zero attached hydrogens (tertiary/aromatic N) is 3. The Balaban J connectivity index is 1.23. The SMILES string of the molecule is O[C@@H](CNCCOc1ccc(-c2csc(-c3cccnc3)n2)cc1)c1ccc(Cl)nc1. The number of hydrogen-bond acceptors (Lipinski definition) is 7. The van der Waals surface area contributed by atoms with Gasteiger partial charge >= 0.3 is 0 Å². The van der Waals surface area contributed by atoms with Gasteiger partial charge in [0, 0.05) is 53.8 Å². The van der Waals surface area contributed by atoms with E-state index in [9.17, 15) is 5.11 Å². The number of aromatic nitrogens is 3. The molecule has 0 aliphatic rings. The molecule has 0 aliphatic carbocycles.